The van der Waals surface area contributed by atoms with Gasteiger partial charge >= 0.3 is 0 Å². The number of hydrogen-bond acceptors (Lipinski definition) is 4. The van der Waals surface area contributed by atoms with Gasteiger partial charge in [-0.2, -0.15) is 0 Å². The average molecular weight is 273 g/mol. The van der Waals surface area contributed by atoms with Crippen LogP contribution in [0.2, 0.25) is 0 Å². The van der Waals surface area contributed by atoms with Gasteiger partial charge in [-0.3, -0.25) is 4.90 Å². The van der Waals surface area contributed by atoms with Crippen molar-refractivity contribution in [2.75, 3.05) is 53.0 Å². The molecule has 6 heteroatoms. The molecule has 2 heterocycles. The lowest BCUT2D eigenvalue weighted by Crippen LogP contribution is -2.36. The highest BCUT2D eigenvalue weighted by molar-refractivity contribution is 5.85. The molecule has 0 aromatic rings. The van der Waals surface area contributed by atoms with Crippen LogP contribution in [-0.4, -0.2) is 63.1 Å². The van der Waals surface area contributed by atoms with E-state index in [1.807, 2.05) is 0 Å². The summed E-state index contributed by atoms with van der Waals surface area (Å²) >= 11 is 0. The minimum Gasteiger partial charge on any atom is -0.396 e. The molecule has 2 unspecified atom stereocenters. The number of likely N-dealkylation sites (tertiary alicyclic amines) is 1. The highest BCUT2D eigenvalue weighted by Gasteiger charge is 2.48. The number of nitrogens with one attached hydrogen (secondary N) is 1. The molecule has 2 rings (SSSR count). The SMILES string of the molecule is COCCN1CC2CNCC2(CO)C1.Cl.Cl. The predicted octanol–water partition coefficient (Wildman–Crippen LogP) is -0.00990. The summed E-state index contributed by atoms with van der Waals surface area (Å²) in [5.74, 6) is 0.629. The molecule has 2 aliphatic heterocycles. The van der Waals surface area contributed by atoms with Crippen LogP contribution in [0.1, 0.15) is 0 Å². The van der Waals surface area contributed by atoms with Crippen LogP contribution < -0.4 is 5.32 Å². The minimum atomic E-state index is 0. The van der Waals surface area contributed by atoms with E-state index in [9.17, 15) is 5.11 Å². The molecule has 2 fully saturated rings. The number of ether oxygens (including phenoxy) is 1. The Morgan fingerprint density at radius 1 is 1.50 bits per heavy atom. The van der Waals surface area contributed by atoms with Crippen LogP contribution in [-0.2, 0) is 4.74 Å². The first-order valence-electron chi connectivity index (χ1n) is 5.33. The third-order valence-electron chi connectivity index (χ3n) is 3.68. The Labute approximate surface area is 110 Å². The molecular formula is C10H22Cl2N2O2. The summed E-state index contributed by atoms with van der Waals surface area (Å²) in [7, 11) is 1.74. The summed E-state index contributed by atoms with van der Waals surface area (Å²) in [4.78, 5) is 2.41. The number of halogens is 2. The van der Waals surface area contributed by atoms with E-state index >= 15 is 0 Å². The minimum absolute atomic E-state index is 0. The fourth-order valence-electron chi connectivity index (χ4n) is 2.75. The van der Waals surface area contributed by atoms with E-state index < -0.39 is 0 Å². The Balaban J connectivity index is 0.00000112. The molecule has 2 aliphatic rings. The molecule has 98 valence electrons. The summed E-state index contributed by atoms with van der Waals surface area (Å²) in [5.41, 5.74) is 0.133. The predicted molar refractivity (Wildman–Crippen MR) is 68.7 cm³/mol. The summed E-state index contributed by atoms with van der Waals surface area (Å²) in [5, 5.41) is 12.8. The van der Waals surface area contributed by atoms with Gasteiger partial charge in [0.15, 0.2) is 0 Å². The Bertz CT molecular complexity index is 209. The van der Waals surface area contributed by atoms with Gasteiger partial charge in [0.25, 0.3) is 0 Å². The topological polar surface area (TPSA) is 44.7 Å². The first kappa shape index (κ1) is 16.4. The molecule has 0 aliphatic carbocycles. The van der Waals surface area contributed by atoms with Crippen LogP contribution in [0.3, 0.4) is 0 Å². The lowest BCUT2D eigenvalue weighted by molar-refractivity contribution is 0.115. The lowest BCUT2D eigenvalue weighted by Gasteiger charge is -2.25. The monoisotopic (exact) mass is 272 g/mol. The number of aliphatic hydroxyl groups excluding tert-OH is 1. The van der Waals surface area contributed by atoms with E-state index in [1.54, 1.807) is 7.11 Å². The van der Waals surface area contributed by atoms with Gasteiger partial charge in [-0.25, -0.2) is 0 Å². The Hall–Kier alpha value is 0.420. The van der Waals surface area contributed by atoms with Crippen LogP contribution in [0.25, 0.3) is 0 Å². The summed E-state index contributed by atoms with van der Waals surface area (Å²) in [6.45, 7) is 6.26. The zero-order chi connectivity index (χ0) is 10.0. The van der Waals surface area contributed by atoms with Gasteiger partial charge in [-0.05, 0) is 12.5 Å². The lowest BCUT2D eigenvalue weighted by atomic mass is 9.82. The number of fused-ring (bicyclic) bond motifs is 1. The highest BCUT2D eigenvalue weighted by Crippen LogP contribution is 2.38. The molecule has 0 amide bonds. The largest absolute Gasteiger partial charge is 0.396 e. The zero-order valence-electron chi connectivity index (χ0n) is 9.65. The number of aliphatic hydroxyl groups is 1. The maximum absolute atomic E-state index is 9.47. The molecular weight excluding hydrogens is 251 g/mol. The average Bonchev–Trinajstić information content (AvgIpc) is 2.70. The van der Waals surface area contributed by atoms with Crippen molar-refractivity contribution in [3.63, 3.8) is 0 Å². The first-order chi connectivity index (χ1) is 6.80. The molecule has 0 saturated carbocycles. The molecule has 0 bridgehead atoms. The fourth-order valence-corrected chi connectivity index (χ4v) is 2.75. The van der Waals surface area contributed by atoms with Crippen LogP contribution in [0, 0.1) is 11.3 Å². The van der Waals surface area contributed by atoms with Crippen LogP contribution in [0.15, 0.2) is 0 Å². The maximum atomic E-state index is 9.47. The van der Waals surface area contributed by atoms with E-state index in [2.05, 4.69) is 10.2 Å². The second kappa shape index (κ2) is 6.99. The third kappa shape index (κ3) is 3.00. The quantitative estimate of drug-likeness (QED) is 0.756. The van der Waals surface area contributed by atoms with Gasteiger partial charge in [0.2, 0.25) is 0 Å². The molecule has 2 saturated heterocycles. The van der Waals surface area contributed by atoms with Gasteiger partial charge in [-0.1, -0.05) is 0 Å². The fraction of sp³-hybridized carbons (Fsp3) is 1.00. The van der Waals surface area contributed by atoms with Crippen LogP contribution >= 0.6 is 24.8 Å². The Kier molecular flexibility index (Phi) is 7.17. The van der Waals surface area contributed by atoms with E-state index in [-0.39, 0.29) is 30.2 Å². The van der Waals surface area contributed by atoms with Gasteiger partial charge in [0.1, 0.15) is 0 Å². The second-order valence-corrected chi connectivity index (χ2v) is 4.58. The van der Waals surface area contributed by atoms with Crippen molar-refractivity contribution in [1.82, 2.24) is 10.2 Å². The van der Waals surface area contributed by atoms with Gasteiger partial charge < -0.3 is 15.2 Å². The van der Waals surface area contributed by atoms with E-state index in [4.69, 9.17) is 4.74 Å². The standard InChI is InChI=1S/C10H20N2O2.2ClH/c1-14-3-2-12-5-9-4-11-6-10(9,7-12)8-13;;/h9,11,13H,2-8H2,1H3;2*1H. The van der Waals surface area contributed by atoms with Crippen molar-refractivity contribution in [2.45, 2.75) is 0 Å². The summed E-state index contributed by atoms with van der Waals surface area (Å²) in [6.07, 6.45) is 0. The maximum Gasteiger partial charge on any atom is 0.0589 e. The van der Waals surface area contributed by atoms with Crippen LogP contribution in [0.5, 0.6) is 0 Å². The van der Waals surface area contributed by atoms with Crippen molar-refractivity contribution in [3.8, 4) is 0 Å². The third-order valence-corrected chi connectivity index (χ3v) is 3.68. The molecule has 2 N–H and O–H groups in total. The highest BCUT2D eigenvalue weighted by atomic mass is 35.5. The van der Waals surface area contributed by atoms with Gasteiger partial charge in [0.05, 0.1) is 13.2 Å². The van der Waals surface area contributed by atoms with Crippen molar-refractivity contribution in [2.24, 2.45) is 11.3 Å². The second-order valence-electron chi connectivity index (χ2n) is 4.58. The molecule has 4 nitrogen and oxygen atoms in total. The van der Waals surface area contributed by atoms with Crippen LogP contribution in [0.4, 0.5) is 0 Å². The van der Waals surface area contributed by atoms with E-state index in [0.717, 1.165) is 39.3 Å². The molecule has 0 aromatic heterocycles. The number of methoxy groups -OCH3 is 1. The normalized spacial score (nSPS) is 33.0. The number of rotatable bonds is 4. The molecule has 0 radical (unpaired) electrons. The summed E-state index contributed by atoms with van der Waals surface area (Å²) in [6, 6.07) is 0. The summed E-state index contributed by atoms with van der Waals surface area (Å²) < 4.78 is 5.07. The molecule has 0 spiro atoms. The van der Waals surface area contributed by atoms with Crippen molar-refractivity contribution in [1.29, 1.82) is 0 Å². The molecule has 16 heavy (non-hydrogen) atoms. The van der Waals surface area contributed by atoms with E-state index in [1.165, 1.54) is 0 Å². The van der Waals surface area contributed by atoms with Crippen molar-refractivity contribution in [3.05, 3.63) is 0 Å². The van der Waals surface area contributed by atoms with E-state index in [0.29, 0.717) is 12.5 Å². The smallest absolute Gasteiger partial charge is 0.0589 e. The number of hydrogen-bond donors (Lipinski definition) is 2. The zero-order valence-corrected chi connectivity index (χ0v) is 11.3. The Morgan fingerprint density at radius 3 is 2.81 bits per heavy atom. The van der Waals surface area contributed by atoms with Crippen molar-refractivity contribution < 1.29 is 9.84 Å². The van der Waals surface area contributed by atoms with Crippen molar-refractivity contribution >= 4 is 24.8 Å². The molecule has 0 aromatic carbocycles. The molecule has 2 atom stereocenters. The Morgan fingerprint density at radius 2 is 2.25 bits per heavy atom. The van der Waals surface area contributed by atoms with Gasteiger partial charge in [-0.15, -0.1) is 24.8 Å². The van der Waals surface area contributed by atoms with Gasteiger partial charge in [0, 0.05) is 38.7 Å². The number of nitrogens with zero attached hydrogens (tertiary/aromatic N) is 1. The first-order valence-corrected chi connectivity index (χ1v) is 5.33.